The van der Waals surface area contributed by atoms with E-state index in [0.717, 1.165) is 0 Å². The van der Waals surface area contributed by atoms with Crippen LogP contribution in [0, 0.1) is 18.3 Å². The topological polar surface area (TPSA) is 87.7 Å². The fourth-order valence-corrected chi connectivity index (χ4v) is 3.29. The molecule has 7 heteroatoms. The van der Waals surface area contributed by atoms with Crippen LogP contribution in [0.1, 0.15) is 79.0 Å². The Balaban J connectivity index is 3.41. The summed E-state index contributed by atoms with van der Waals surface area (Å²) < 4.78 is 5.36. The van der Waals surface area contributed by atoms with Crippen molar-refractivity contribution in [3.05, 3.63) is 35.4 Å². The van der Waals surface area contributed by atoms with Crippen molar-refractivity contribution in [3.8, 4) is 12.3 Å². The number of alkyl carbamates (subject to hydrolysis) is 1. The third kappa shape index (κ3) is 8.45. The average Bonchev–Trinajstić information content (AvgIpc) is 2.68. The minimum absolute atomic E-state index is 0.193. The lowest BCUT2D eigenvalue weighted by Crippen LogP contribution is -2.55. The first-order valence-electron chi connectivity index (χ1n) is 11.2. The van der Waals surface area contributed by atoms with E-state index < -0.39 is 35.2 Å². The van der Waals surface area contributed by atoms with Crippen molar-refractivity contribution < 1.29 is 19.1 Å². The molecule has 3 amide bonds. The molecule has 0 fully saturated rings. The summed E-state index contributed by atoms with van der Waals surface area (Å²) in [7, 11) is 1.55. The summed E-state index contributed by atoms with van der Waals surface area (Å²) in [6, 6.07) is 5.18. The van der Waals surface area contributed by atoms with Crippen LogP contribution in [-0.2, 0) is 14.3 Å². The molecule has 0 spiro atoms. The summed E-state index contributed by atoms with van der Waals surface area (Å²) in [5.41, 5.74) is -0.168. The van der Waals surface area contributed by atoms with Gasteiger partial charge in [0.1, 0.15) is 17.7 Å². The molecule has 33 heavy (non-hydrogen) atoms. The van der Waals surface area contributed by atoms with Crippen LogP contribution >= 0.6 is 0 Å². The number of hydrogen-bond acceptors (Lipinski definition) is 4. The summed E-state index contributed by atoms with van der Waals surface area (Å²) >= 11 is 0. The van der Waals surface area contributed by atoms with Gasteiger partial charge in [-0.2, -0.15) is 0 Å². The molecular formula is C26H39N3O4. The van der Waals surface area contributed by atoms with Gasteiger partial charge in [0.2, 0.25) is 11.8 Å². The molecule has 1 rings (SSSR count). The maximum absolute atomic E-state index is 13.7. The smallest absolute Gasteiger partial charge is 0.408 e. The maximum atomic E-state index is 13.7. The molecule has 0 aromatic heterocycles. The third-order valence-electron chi connectivity index (χ3n) is 5.04. The van der Waals surface area contributed by atoms with Crippen LogP contribution in [0.3, 0.4) is 0 Å². The number of benzene rings is 1. The molecule has 3 atom stereocenters. The van der Waals surface area contributed by atoms with Gasteiger partial charge >= 0.3 is 6.09 Å². The Labute approximate surface area is 198 Å². The number of amides is 3. The minimum Gasteiger partial charge on any atom is -0.444 e. The number of ether oxygens (including phenoxy) is 1. The molecule has 0 saturated carbocycles. The normalized spacial score (nSPS) is 14.3. The largest absolute Gasteiger partial charge is 0.444 e. The molecule has 0 saturated heterocycles. The number of nitrogens with zero attached hydrogens (tertiary/aromatic N) is 1. The molecule has 1 aromatic rings. The molecule has 7 nitrogen and oxygen atoms in total. The Kier molecular flexibility index (Phi) is 9.53. The van der Waals surface area contributed by atoms with Crippen molar-refractivity contribution in [2.75, 3.05) is 7.05 Å². The van der Waals surface area contributed by atoms with Gasteiger partial charge in [0.15, 0.2) is 0 Å². The van der Waals surface area contributed by atoms with Gasteiger partial charge in [-0.3, -0.25) is 9.59 Å². The van der Waals surface area contributed by atoms with Crippen molar-refractivity contribution in [2.45, 2.75) is 85.0 Å². The molecule has 0 heterocycles. The fraction of sp³-hybridized carbons (Fsp3) is 0.577. The van der Waals surface area contributed by atoms with Crippen molar-refractivity contribution in [2.24, 2.45) is 5.92 Å². The minimum atomic E-state index is -0.976. The Hall–Kier alpha value is -3.01. The van der Waals surface area contributed by atoms with Crippen molar-refractivity contribution in [1.29, 1.82) is 0 Å². The second-order valence-electron chi connectivity index (χ2n) is 10.3. The van der Waals surface area contributed by atoms with Gasteiger partial charge in [0.25, 0.3) is 0 Å². The highest BCUT2D eigenvalue weighted by atomic mass is 16.6. The first-order chi connectivity index (χ1) is 15.1. The Bertz CT molecular complexity index is 890. The molecular weight excluding hydrogens is 418 g/mol. The van der Waals surface area contributed by atoms with E-state index in [1.807, 2.05) is 34.6 Å². The van der Waals surface area contributed by atoms with Crippen LogP contribution in [0.2, 0.25) is 0 Å². The second kappa shape index (κ2) is 11.2. The van der Waals surface area contributed by atoms with Gasteiger partial charge in [0, 0.05) is 18.2 Å². The molecule has 1 aromatic carbocycles. The zero-order valence-corrected chi connectivity index (χ0v) is 21.4. The number of terminal acetylenes is 1. The molecule has 0 aliphatic rings. The summed E-state index contributed by atoms with van der Waals surface area (Å²) in [4.78, 5) is 40.8. The molecule has 182 valence electrons. The van der Waals surface area contributed by atoms with Gasteiger partial charge in [-0.15, -0.1) is 6.42 Å². The van der Waals surface area contributed by atoms with Crippen molar-refractivity contribution in [3.63, 3.8) is 0 Å². The van der Waals surface area contributed by atoms with Gasteiger partial charge in [-0.1, -0.05) is 44.4 Å². The van der Waals surface area contributed by atoms with Crippen LogP contribution in [0.5, 0.6) is 0 Å². The van der Waals surface area contributed by atoms with E-state index in [2.05, 4.69) is 16.6 Å². The number of hydrogen-bond donors (Lipinski definition) is 2. The molecule has 0 radical (unpaired) electrons. The molecule has 0 aliphatic heterocycles. The predicted molar refractivity (Wildman–Crippen MR) is 130 cm³/mol. The lowest BCUT2D eigenvalue weighted by atomic mass is 9.94. The first-order valence-corrected chi connectivity index (χ1v) is 11.2. The van der Waals surface area contributed by atoms with E-state index in [-0.39, 0.29) is 11.8 Å². The number of carbonyl (C=O) groups excluding carboxylic acids is 3. The predicted octanol–water partition coefficient (Wildman–Crippen LogP) is 4.02. The SMILES string of the molecule is C#Cc1ccccc1C(C(=O)NC(C)(C)C)N(C)C(=O)C(NC(=O)OC(C)(C)C)C(C)CC. The molecule has 3 unspecified atom stereocenters. The van der Waals surface area contributed by atoms with E-state index in [1.54, 1.807) is 52.1 Å². The summed E-state index contributed by atoms with van der Waals surface area (Å²) in [6.45, 7) is 14.6. The van der Waals surface area contributed by atoms with Crippen LogP contribution in [-0.4, -0.2) is 47.0 Å². The quantitative estimate of drug-likeness (QED) is 0.606. The molecule has 2 N–H and O–H groups in total. The number of likely N-dealkylation sites (N-methyl/N-ethyl adjacent to an activating group) is 1. The highest BCUT2D eigenvalue weighted by molar-refractivity contribution is 5.92. The van der Waals surface area contributed by atoms with Gasteiger partial charge in [-0.05, 0) is 59.1 Å². The standard InChI is InChI=1S/C26H39N3O4/c1-11-17(3)20(27-24(32)33-26(7,8)9)23(31)29(10)21(22(30)28-25(4,5)6)19-16-14-13-15-18(19)12-2/h2,13-17,20-21H,11H2,1,3-10H3,(H,27,32)(H,28,30). The highest BCUT2D eigenvalue weighted by Crippen LogP contribution is 2.26. The summed E-state index contributed by atoms with van der Waals surface area (Å²) in [6.07, 6.45) is 5.64. The number of rotatable bonds is 7. The third-order valence-corrected chi connectivity index (χ3v) is 5.04. The Morgan fingerprint density at radius 3 is 2.18 bits per heavy atom. The van der Waals surface area contributed by atoms with Gasteiger partial charge < -0.3 is 20.3 Å². The monoisotopic (exact) mass is 457 g/mol. The summed E-state index contributed by atoms with van der Waals surface area (Å²) in [5, 5.41) is 5.65. The first kappa shape index (κ1) is 28.0. The second-order valence-corrected chi connectivity index (χ2v) is 10.3. The zero-order chi connectivity index (χ0) is 25.6. The van der Waals surface area contributed by atoms with E-state index in [4.69, 9.17) is 11.2 Å². The van der Waals surface area contributed by atoms with Crippen LogP contribution in [0.4, 0.5) is 4.79 Å². The van der Waals surface area contributed by atoms with E-state index >= 15 is 0 Å². The zero-order valence-electron chi connectivity index (χ0n) is 21.4. The lowest BCUT2D eigenvalue weighted by molar-refractivity contribution is -0.142. The lowest BCUT2D eigenvalue weighted by Gasteiger charge is -2.35. The maximum Gasteiger partial charge on any atom is 0.408 e. The molecule has 0 aliphatic carbocycles. The highest BCUT2D eigenvalue weighted by Gasteiger charge is 2.37. The number of carbonyl (C=O) groups is 3. The van der Waals surface area contributed by atoms with Gasteiger partial charge in [0.05, 0.1) is 0 Å². The Morgan fingerprint density at radius 1 is 1.12 bits per heavy atom. The fourth-order valence-electron chi connectivity index (χ4n) is 3.29. The van der Waals surface area contributed by atoms with Gasteiger partial charge in [-0.25, -0.2) is 4.79 Å². The van der Waals surface area contributed by atoms with E-state index in [9.17, 15) is 14.4 Å². The Morgan fingerprint density at radius 2 is 1.70 bits per heavy atom. The number of nitrogens with one attached hydrogen (secondary N) is 2. The van der Waals surface area contributed by atoms with E-state index in [1.165, 1.54) is 4.90 Å². The average molecular weight is 458 g/mol. The van der Waals surface area contributed by atoms with Crippen molar-refractivity contribution in [1.82, 2.24) is 15.5 Å². The van der Waals surface area contributed by atoms with Crippen LogP contribution < -0.4 is 10.6 Å². The molecule has 0 bridgehead atoms. The van der Waals surface area contributed by atoms with Crippen LogP contribution in [0.25, 0.3) is 0 Å². The van der Waals surface area contributed by atoms with E-state index in [0.29, 0.717) is 17.5 Å². The summed E-state index contributed by atoms with van der Waals surface area (Å²) in [5.74, 6) is 1.64. The van der Waals surface area contributed by atoms with Crippen LogP contribution in [0.15, 0.2) is 24.3 Å². The van der Waals surface area contributed by atoms with Crippen molar-refractivity contribution >= 4 is 17.9 Å².